The van der Waals surface area contributed by atoms with Gasteiger partial charge in [0.2, 0.25) is 0 Å². The molecule has 0 fully saturated rings. The number of anilines is 2. The summed E-state index contributed by atoms with van der Waals surface area (Å²) in [6, 6.07) is 6.44. The molecule has 3 N–H and O–H groups in total. The first-order chi connectivity index (χ1) is 7.66. The second-order valence-electron chi connectivity index (χ2n) is 3.78. The third-order valence-electron chi connectivity index (χ3n) is 2.48. The van der Waals surface area contributed by atoms with E-state index in [1.54, 1.807) is 6.07 Å². The highest BCUT2D eigenvalue weighted by molar-refractivity contribution is 5.67. The number of benzene rings is 1. The van der Waals surface area contributed by atoms with Crippen LogP contribution in [-0.4, -0.2) is 12.0 Å². The van der Waals surface area contributed by atoms with Crippen molar-refractivity contribution in [1.82, 2.24) is 4.98 Å². The van der Waals surface area contributed by atoms with Crippen LogP contribution >= 0.6 is 0 Å². The summed E-state index contributed by atoms with van der Waals surface area (Å²) >= 11 is 0. The van der Waals surface area contributed by atoms with Crippen molar-refractivity contribution in [3.8, 4) is 0 Å². The van der Waals surface area contributed by atoms with Crippen molar-refractivity contribution in [3.05, 3.63) is 48.0 Å². The van der Waals surface area contributed by atoms with Crippen LogP contribution in [0.2, 0.25) is 0 Å². The lowest BCUT2D eigenvalue weighted by Crippen LogP contribution is -2.17. The fourth-order valence-corrected chi connectivity index (χ4v) is 1.69. The fraction of sp³-hybridized carbons (Fsp3) is 0.167. The highest BCUT2D eigenvalue weighted by Crippen LogP contribution is 2.24. The molecule has 0 saturated heterocycles. The van der Waals surface area contributed by atoms with Gasteiger partial charge in [0, 0.05) is 26.0 Å². The molecule has 0 atom stereocenters. The van der Waals surface area contributed by atoms with Crippen LogP contribution in [0.25, 0.3) is 0 Å². The number of nitrogens with one attached hydrogen (secondary N) is 1. The zero-order valence-corrected chi connectivity index (χ0v) is 9.07. The number of aromatic amines is 1. The second kappa shape index (κ2) is 4.26. The van der Waals surface area contributed by atoms with Gasteiger partial charge in [-0.1, -0.05) is 0 Å². The predicted molar refractivity (Wildman–Crippen MR) is 63.7 cm³/mol. The number of H-pyrrole nitrogens is 1. The van der Waals surface area contributed by atoms with Gasteiger partial charge in [0.15, 0.2) is 0 Å². The quantitative estimate of drug-likeness (QED) is 0.778. The molecule has 2 rings (SSSR count). The Bertz CT molecular complexity index is 465. The Kier molecular flexibility index (Phi) is 2.81. The van der Waals surface area contributed by atoms with Crippen LogP contribution in [0.15, 0.2) is 36.7 Å². The molecule has 0 radical (unpaired) electrons. The molecular formula is C12H14FN3. The number of hydrogen-bond acceptors (Lipinski definition) is 2. The molecule has 1 aromatic heterocycles. The van der Waals surface area contributed by atoms with E-state index >= 15 is 0 Å². The average Bonchev–Trinajstić information content (AvgIpc) is 2.70. The molecule has 0 spiro atoms. The van der Waals surface area contributed by atoms with Gasteiger partial charge in [0.05, 0.1) is 11.4 Å². The maximum Gasteiger partial charge on any atom is 0.125 e. The predicted octanol–water partition coefficient (Wildman–Crippen LogP) is 2.37. The Morgan fingerprint density at radius 2 is 2.19 bits per heavy atom. The Hall–Kier alpha value is -1.97. The first kappa shape index (κ1) is 10.5. The summed E-state index contributed by atoms with van der Waals surface area (Å²) in [4.78, 5) is 4.98. The van der Waals surface area contributed by atoms with Crippen molar-refractivity contribution in [2.75, 3.05) is 17.7 Å². The minimum absolute atomic E-state index is 0.309. The first-order valence-electron chi connectivity index (χ1n) is 5.04. The lowest BCUT2D eigenvalue weighted by atomic mass is 10.2. The largest absolute Gasteiger partial charge is 0.397 e. The molecule has 0 saturated carbocycles. The van der Waals surface area contributed by atoms with Crippen molar-refractivity contribution in [1.29, 1.82) is 0 Å². The molecule has 3 nitrogen and oxygen atoms in total. The van der Waals surface area contributed by atoms with Crippen LogP contribution in [0.4, 0.5) is 15.8 Å². The van der Waals surface area contributed by atoms with Gasteiger partial charge in [-0.05, 0) is 29.8 Å². The third kappa shape index (κ3) is 2.16. The topological polar surface area (TPSA) is 45.0 Å². The van der Waals surface area contributed by atoms with Crippen molar-refractivity contribution < 1.29 is 4.39 Å². The van der Waals surface area contributed by atoms with E-state index in [1.807, 2.05) is 30.4 Å². The van der Waals surface area contributed by atoms with Crippen LogP contribution in [0, 0.1) is 5.82 Å². The van der Waals surface area contributed by atoms with E-state index in [9.17, 15) is 4.39 Å². The molecule has 0 bridgehead atoms. The molecule has 0 aliphatic heterocycles. The summed E-state index contributed by atoms with van der Waals surface area (Å²) in [5.74, 6) is -0.309. The number of nitrogen functional groups attached to an aromatic ring is 1. The number of nitrogens with zero attached hydrogens (tertiary/aromatic N) is 1. The SMILES string of the molecule is CN(Cc1cc[nH]c1)c1ccc(F)cc1N. The van der Waals surface area contributed by atoms with Crippen LogP contribution in [-0.2, 0) is 6.54 Å². The van der Waals surface area contributed by atoms with Gasteiger partial charge in [-0.25, -0.2) is 4.39 Å². The summed E-state index contributed by atoms with van der Waals surface area (Å²) in [6.07, 6.45) is 3.80. The molecular weight excluding hydrogens is 205 g/mol. The molecule has 4 heteroatoms. The summed E-state index contributed by atoms with van der Waals surface area (Å²) in [5, 5.41) is 0. The van der Waals surface area contributed by atoms with E-state index in [0.717, 1.165) is 17.8 Å². The van der Waals surface area contributed by atoms with E-state index in [0.29, 0.717) is 5.69 Å². The normalized spacial score (nSPS) is 10.4. The highest BCUT2D eigenvalue weighted by Gasteiger charge is 2.06. The third-order valence-corrected chi connectivity index (χ3v) is 2.48. The van der Waals surface area contributed by atoms with Gasteiger partial charge >= 0.3 is 0 Å². The minimum Gasteiger partial charge on any atom is -0.397 e. The second-order valence-corrected chi connectivity index (χ2v) is 3.78. The minimum atomic E-state index is -0.309. The number of nitrogens with two attached hydrogens (primary N) is 1. The maximum absolute atomic E-state index is 12.9. The van der Waals surface area contributed by atoms with Crippen LogP contribution in [0.1, 0.15) is 5.56 Å². The Morgan fingerprint density at radius 1 is 1.38 bits per heavy atom. The Balaban J connectivity index is 2.17. The number of aromatic nitrogens is 1. The van der Waals surface area contributed by atoms with Gasteiger partial charge in [0.25, 0.3) is 0 Å². The first-order valence-corrected chi connectivity index (χ1v) is 5.04. The fourth-order valence-electron chi connectivity index (χ4n) is 1.69. The number of hydrogen-bond donors (Lipinski definition) is 2. The van der Waals surface area contributed by atoms with E-state index in [-0.39, 0.29) is 5.82 Å². The smallest absolute Gasteiger partial charge is 0.125 e. The van der Waals surface area contributed by atoms with Crippen molar-refractivity contribution in [2.45, 2.75) is 6.54 Å². The standard InChI is InChI=1S/C12H14FN3/c1-16(8-9-4-5-15-7-9)12-3-2-10(13)6-11(12)14/h2-7,15H,8,14H2,1H3. The zero-order chi connectivity index (χ0) is 11.5. The van der Waals surface area contributed by atoms with Gasteiger partial charge in [-0.3, -0.25) is 0 Å². The van der Waals surface area contributed by atoms with Crippen molar-refractivity contribution >= 4 is 11.4 Å². The number of halogens is 1. The van der Waals surface area contributed by atoms with Gasteiger partial charge in [-0.2, -0.15) is 0 Å². The number of rotatable bonds is 3. The molecule has 2 aromatic rings. The lowest BCUT2D eigenvalue weighted by molar-refractivity contribution is 0.628. The van der Waals surface area contributed by atoms with E-state index in [1.165, 1.54) is 12.1 Å². The van der Waals surface area contributed by atoms with Crippen molar-refractivity contribution in [2.24, 2.45) is 0 Å². The molecule has 0 amide bonds. The molecule has 84 valence electrons. The molecule has 1 heterocycles. The van der Waals surface area contributed by atoms with Gasteiger partial charge in [0.1, 0.15) is 5.82 Å². The Labute approximate surface area is 93.7 Å². The molecule has 0 aliphatic carbocycles. The monoisotopic (exact) mass is 219 g/mol. The Morgan fingerprint density at radius 3 is 2.81 bits per heavy atom. The summed E-state index contributed by atoms with van der Waals surface area (Å²) in [7, 11) is 1.93. The molecule has 0 aliphatic rings. The average molecular weight is 219 g/mol. The van der Waals surface area contributed by atoms with E-state index in [2.05, 4.69) is 4.98 Å². The van der Waals surface area contributed by atoms with Crippen molar-refractivity contribution in [3.63, 3.8) is 0 Å². The van der Waals surface area contributed by atoms with Crippen LogP contribution in [0.5, 0.6) is 0 Å². The van der Waals surface area contributed by atoms with Gasteiger partial charge < -0.3 is 15.6 Å². The zero-order valence-electron chi connectivity index (χ0n) is 9.07. The van der Waals surface area contributed by atoms with Crippen LogP contribution < -0.4 is 10.6 Å². The molecule has 16 heavy (non-hydrogen) atoms. The highest BCUT2D eigenvalue weighted by atomic mass is 19.1. The maximum atomic E-state index is 12.9. The van der Waals surface area contributed by atoms with E-state index in [4.69, 9.17) is 5.73 Å². The lowest BCUT2D eigenvalue weighted by Gasteiger charge is -2.20. The summed E-state index contributed by atoms with van der Waals surface area (Å²) in [6.45, 7) is 0.735. The van der Waals surface area contributed by atoms with Gasteiger partial charge in [-0.15, -0.1) is 0 Å². The summed E-state index contributed by atoms with van der Waals surface area (Å²) < 4.78 is 12.9. The van der Waals surface area contributed by atoms with Crippen LogP contribution in [0.3, 0.4) is 0 Å². The molecule has 0 unspecified atom stereocenters. The molecule has 1 aromatic carbocycles. The summed E-state index contributed by atoms with van der Waals surface area (Å²) in [5.41, 5.74) is 8.21. The van der Waals surface area contributed by atoms with E-state index < -0.39 is 0 Å².